The lowest BCUT2D eigenvalue weighted by Crippen LogP contribution is -1.94. The monoisotopic (exact) mass is 111 g/mol. The van der Waals surface area contributed by atoms with Crippen LogP contribution in [0.25, 0.3) is 0 Å². The van der Waals surface area contributed by atoms with Crippen LogP contribution in [0.4, 0.5) is 0 Å². The topological polar surface area (TPSA) is 23.9 Å². The Morgan fingerprint density at radius 2 is 2.38 bits per heavy atom. The second-order valence-corrected chi connectivity index (χ2v) is 2.19. The van der Waals surface area contributed by atoms with Crippen LogP contribution in [0, 0.1) is 11.3 Å². The number of hydrogen-bond donors (Lipinski definition) is 1. The summed E-state index contributed by atoms with van der Waals surface area (Å²) in [6.45, 7) is 7.84. The second-order valence-electron chi connectivity index (χ2n) is 2.19. The van der Waals surface area contributed by atoms with Crippen LogP contribution in [0.2, 0.25) is 0 Å². The summed E-state index contributed by atoms with van der Waals surface area (Å²) in [7, 11) is 0. The lowest BCUT2D eigenvalue weighted by molar-refractivity contribution is 0.724. The molecular weight excluding hydrogens is 98.1 g/mol. The van der Waals surface area contributed by atoms with Gasteiger partial charge in [-0.25, -0.2) is 0 Å². The molecule has 0 aromatic heterocycles. The summed E-state index contributed by atoms with van der Waals surface area (Å²) in [5.74, 6) is 0.479. The highest BCUT2D eigenvalue weighted by molar-refractivity contribution is 5.53. The van der Waals surface area contributed by atoms with Gasteiger partial charge in [-0.3, -0.25) is 0 Å². The van der Waals surface area contributed by atoms with Crippen molar-refractivity contribution in [3.05, 3.63) is 12.2 Å². The van der Waals surface area contributed by atoms with Crippen molar-refractivity contribution in [3.8, 4) is 0 Å². The van der Waals surface area contributed by atoms with Crippen LogP contribution in [0.1, 0.15) is 20.3 Å². The maximum atomic E-state index is 6.76. The Kier molecular flexibility index (Phi) is 3.16. The Morgan fingerprint density at radius 1 is 1.88 bits per heavy atom. The van der Waals surface area contributed by atoms with E-state index in [1.807, 2.05) is 6.92 Å². The zero-order chi connectivity index (χ0) is 6.57. The van der Waals surface area contributed by atoms with Gasteiger partial charge in [-0.1, -0.05) is 19.1 Å². The molecule has 46 valence electrons. The smallest absolute Gasteiger partial charge is 0.00419 e. The van der Waals surface area contributed by atoms with E-state index < -0.39 is 0 Å². The highest BCUT2D eigenvalue weighted by Gasteiger charge is 1.96. The van der Waals surface area contributed by atoms with Crippen LogP contribution >= 0.6 is 0 Å². The van der Waals surface area contributed by atoms with Crippen molar-refractivity contribution in [2.24, 2.45) is 5.92 Å². The Morgan fingerprint density at radius 3 is 2.50 bits per heavy atom. The Balaban J connectivity index is 3.46. The highest BCUT2D eigenvalue weighted by atomic mass is 14.3. The summed E-state index contributed by atoms with van der Waals surface area (Å²) >= 11 is 0. The summed E-state index contributed by atoms with van der Waals surface area (Å²) in [4.78, 5) is 0. The molecule has 0 aromatic carbocycles. The lowest BCUT2D eigenvalue weighted by atomic mass is 10.0. The van der Waals surface area contributed by atoms with Gasteiger partial charge in [0.05, 0.1) is 0 Å². The van der Waals surface area contributed by atoms with Crippen molar-refractivity contribution in [3.63, 3.8) is 0 Å². The first-order valence-corrected chi connectivity index (χ1v) is 2.82. The molecule has 1 heteroatoms. The molecule has 0 aromatic rings. The summed E-state index contributed by atoms with van der Waals surface area (Å²) in [6, 6.07) is 0. The third-order valence-corrected chi connectivity index (χ3v) is 1.31. The van der Waals surface area contributed by atoms with Crippen molar-refractivity contribution in [2.75, 3.05) is 0 Å². The van der Waals surface area contributed by atoms with Crippen molar-refractivity contribution in [1.29, 1.82) is 5.41 Å². The molecule has 0 aliphatic heterocycles. The molecule has 1 atom stereocenters. The molecule has 1 N–H and O–H groups in total. The fraction of sp³-hybridized carbons (Fsp3) is 0.571. The molecule has 0 heterocycles. The van der Waals surface area contributed by atoms with Gasteiger partial charge in [-0.2, -0.15) is 0 Å². The van der Waals surface area contributed by atoms with Gasteiger partial charge in [0.25, 0.3) is 0 Å². The fourth-order valence-electron chi connectivity index (χ4n) is 0.378. The predicted octanol–water partition coefficient (Wildman–Crippen LogP) is 2.24. The normalized spacial score (nSPS) is 12.8. The van der Waals surface area contributed by atoms with E-state index in [4.69, 9.17) is 5.41 Å². The number of rotatable bonds is 3. The third kappa shape index (κ3) is 2.56. The van der Waals surface area contributed by atoms with Gasteiger partial charge < -0.3 is 5.41 Å². The molecule has 0 aliphatic carbocycles. The second kappa shape index (κ2) is 3.42. The lowest BCUT2D eigenvalue weighted by Gasteiger charge is -2.04. The van der Waals surface area contributed by atoms with E-state index in [1.54, 1.807) is 0 Å². The van der Waals surface area contributed by atoms with Crippen LogP contribution < -0.4 is 0 Å². The van der Waals surface area contributed by atoms with Crippen LogP contribution in [0.3, 0.4) is 0 Å². The van der Waals surface area contributed by atoms with E-state index in [2.05, 4.69) is 13.5 Å². The molecule has 0 rings (SSSR count). The molecule has 0 saturated heterocycles. The number of nitrogens with one attached hydrogen (secondary N) is 1. The van der Waals surface area contributed by atoms with Crippen molar-refractivity contribution < 1.29 is 0 Å². The zero-order valence-corrected chi connectivity index (χ0v) is 5.57. The molecule has 0 bridgehead atoms. The van der Waals surface area contributed by atoms with E-state index in [-0.39, 0.29) is 0 Å². The van der Waals surface area contributed by atoms with E-state index >= 15 is 0 Å². The summed E-state index contributed by atoms with van der Waals surface area (Å²) in [6.07, 6.45) is 2.26. The van der Waals surface area contributed by atoms with Crippen LogP contribution in [0.15, 0.2) is 12.2 Å². The SMILES string of the molecule is C=C(C)[C@@H](C)CC=N. The van der Waals surface area contributed by atoms with E-state index in [1.165, 1.54) is 6.21 Å². The van der Waals surface area contributed by atoms with Gasteiger partial charge in [0.2, 0.25) is 0 Å². The molecule has 0 fully saturated rings. The minimum absolute atomic E-state index is 0.479. The van der Waals surface area contributed by atoms with Crippen molar-refractivity contribution in [1.82, 2.24) is 0 Å². The van der Waals surface area contributed by atoms with Gasteiger partial charge in [0, 0.05) is 0 Å². The molecule has 0 aliphatic rings. The molecule has 0 unspecified atom stereocenters. The van der Waals surface area contributed by atoms with Crippen LogP contribution in [0.5, 0.6) is 0 Å². The minimum atomic E-state index is 0.479. The standard InChI is InChI=1S/C7H13N/c1-6(2)7(3)4-5-8/h5,7-8H,1,4H2,2-3H3/t7-/m0/s1. The number of hydrogen-bond acceptors (Lipinski definition) is 1. The Bertz CT molecular complexity index is 94.6. The van der Waals surface area contributed by atoms with Crippen molar-refractivity contribution >= 4 is 6.21 Å². The van der Waals surface area contributed by atoms with Crippen LogP contribution in [-0.2, 0) is 0 Å². The maximum Gasteiger partial charge on any atom is -0.00419 e. The highest BCUT2D eigenvalue weighted by Crippen LogP contribution is 2.08. The first-order chi connectivity index (χ1) is 3.68. The zero-order valence-electron chi connectivity index (χ0n) is 5.57. The van der Waals surface area contributed by atoms with Crippen LogP contribution in [-0.4, -0.2) is 6.21 Å². The average Bonchev–Trinajstić information content (AvgIpc) is 1.67. The van der Waals surface area contributed by atoms with Gasteiger partial charge in [-0.05, 0) is 25.5 Å². The third-order valence-electron chi connectivity index (χ3n) is 1.31. The maximum absolute atomic E-state index is 6.76. The quantitative estimate of drug-likeness (QED) is 0.426. The Hall–Kier alpha value is -0.590. The van der Waals surface area contributed by atoms with E-state index in [0.29, 0.717) is 5.92 Å². The van der Waals surface area contributed by atoms with Gasteiger partial charge >= 0.3 is 0 Å². The summed E-state index contributed by atoms with van der Waals surface area (Å²) < 4.78 is 0. The van der Waals surface area contributed by atoms with Gasteiger partial charge in [0.15, 0.2) is 0 Å². The predicted molar refractivity (Wildman–Crippen MR) is 37.4 cm³/mol. The molecule has 0 amide bonds. The average molecular weight is 111 g/mol. The van der Waals surface area contributed by atoms with E-state index in [0.717, 1.165) is 12.0 Å². The largest absolute Gasteiger partial charge is 0.313 e. The summed E-state index contributed by atoms with van der Waals surface area (Å²) in [5, 5.41) is 6.76. The minimum Gasteiger partial charge on any atom is -0.313 e. The first-order valence-electron chi connectivity index (χ1n) is 2.82. The summed E-state index contributed by atoms with van der Waals surface area (Å²) in [5.41, 5.74) is 1.16. The van der Waals surface area contributed by atoms with E-state index in [9.17, 15) is 0 Å². The van der Waals surface area contributed by atoms with Gasteiger partial charge in [-0.15, -0.1) is 0 Å². The molecule has 0 radical (unpaired) electrons. The molecule has 0 spiro atoms. The Labute approximate surface area is 50.9 Å². The fourth-order valence-corrected chi connectivity index (χ4v) is 0.378. The molecular formula is C7H13N. The van der Waals surface area contributed by atoms with Gasteiger partial charge in [0.1, 0.15) is 0 Å². The molecule has 1 nitrogen and oxygen atoms in total. The molecule has 8 heavy (non-hydrogen) atoms. The molecule has 0 saturated carbocycles. The number of allylic oxidation sites excluding steroid dienone is 1. The van der Waals surface area contributed by atoms with Crippen molar-refractivity contribution in [2.45, 2.75) is 20.3 Å². The first kappa shape index (κ1) is 7.41.